The fraction of sp³-hybridized carbons (Fsp3) is 0.312. The molecule has 0 aliphatic heterocycles. The molecule has 0 amide bonds. The van der Waals surface area contributed by atoms with Crippen LogP contribution in [-0.2, 0) is 35.7 Å². The molecule has 4 aromatic rings. The van der Waals surface area contributed by atoms with E-state index in [1.165, 1.54) is 31.1 Å². The Balaban J connectivity index is 0.000000532. The van der Waals surface area contributed by atoms with Gasteiger partial charge in [-0.15, -0.1) is 35.9 Å². The summed E-state index contributed by atoms with van der Waals surface area (Å²) in [7, 11) is 0. The summed E-state index contributed by atoms with van der Waals surface area (Å²) in [5.41, 5.74) is 6.58. The van der Waals surface area contributed by atoms with Crippen molar-refractivity contribution < 1.29 is 34.4 Å². The van der Waals surface area contributed by atoms with Gasteiger partial charge < -0.3 is 14.5 Å². The van der Waals surface area contributed by atoms with Gasteiger partial charge in [0.25, 0.3) is 0 Å². The standard InChI is InChI=1S/C27H28NO.C5H8O2.Ir/c1-26(2,3)21-12-19(13-22(15-21)27(4,5)6)24-14-20-17-28-23(16-25(20)29-24)18-10-8-7-9-11-18;1-4(6)3-5(2)7;/h7-10,12-17H,1-6H3;3,6H,1-2H3;/q-1;;/b;4-3-;. The molecule has 0 aliphatic carbocycles. The van der Waals surface area contributed by atoms with Crippen molar-refractivity contribution in [1.82, 2.24) is 4.98 Å². The Hall–Kier alpha value is -3.01. The van der Waals surface area contributed by atoms with Crippen molar-refractivity contribution in [2.45, 2.75) is 66.2 Å². The van der Waals surface area contributed by atoms with Crippen LogP contribution in [0.3, 0.4) is 0 Å². The Labute approximate surface area is 234 Å². The van der Waals surface area contributed by atoms with E-state index in [-0.39, 0.29) is 42.5 Å². The minimum absolute atomic E-state index is 0. The first-order chi connectivity index (χ1) is 16.7. The number of hydrogen-bond donors (Lipinski definition) is 1. The third-order valence-corrected chi connectivity index (χ3v) is 5.75. The van der Waals surface area contributed by atoms with E-state index in [4.69, 9.17) is 9.52 Å². The first kappa shape index (κ1) is 30.2. The molecule has 2 aromatic heterocycles. The monoisotopic (exact) mass is 675 g/mol. The smallest absolute Gasteiger partial charge is 0.155 e. The molecule has 197 valence electrons. The number of carbonyl (C=O) groups excluding carboxylic acids is 1. The number of aromatic nitrogens is 1. The van der Waals surface area contributed by atoms with Crippen molar-refractivity contribution >= 4 is 16.8 Å². The second-order valence-electron chi connectivity index (χ2n) is 11.2. The molecule has 4 rings (SSSR count). The third kappa shape index (κ3) is 8.24. The van der Waals surface area contributed by atoms with E-state index in [9.17, 15) is 4.79 Å². The quantitative estimate of drug-likeness (QED) is 0.134. The number of aliphatic hydroxyl groups is 1. The number of hydrogen-bond acceptors (Lipinski definition) is 4. The average Bonchev–Trinajstić information content (AvgIpc) is 3.21. The normalized spacial score (nSPS) is 11.9. The predicted molar refractivity (Wildman–Crippen MR) is 148 cm³/mol. The van der Waals surface area contributed by atoms with E-state index in [0.717, 1.165) is 33.6 Å². The molecule has 1 N–H and O–H groups in total. The van der Waals surface area contributed by atoms with Gasteiger partial charge in [-0.05, 0) is 65.8 Å². The molecular weight excluding hydrogens is 639 g/mol. The summed E-state index contributed by atoms with van der Waals surface area (Å²) in [6.07, 6.45) is 3.05. The van der Waals surface area contributed by atoms with Crippen LogP contribution in [0.4, 0.5) is 0 Å². The summed E-state index contributed by atoms with van der Waals surface area (Å²) in [6.45, 7) is 16.4. The molecule has 0 spiro atoms. The van der Waals surface area contributed by atoms with Gasteiger partial charge in [-0.1, -0.05) is 47.6 Å². The molecule has 0 saturated carbocycles. The van der Waals surface area contributed by atoms with E-state index < -0.39 is 0 Å². The van der Waals surface area contributed by atoms with Gasteiger partial charge in [0.15, 0.2) is 5.78 Å². The SMILES string of the molecule is CC(=O)/C=C(/C)O.CC(C)(C)c1cc(-c2cc3cnc(-c4[c-]cccc4)cc3o2)cc(C(C)(C)C)c1.[Ir]. The maximum absolute atomic E-state index is 10.0. The summed E-state index contributed by atoms with van der Waals surface area (Å²) in [5, 5.41) is 9.38. The van der Waals surface area contributed by atoms with Crippen molar-refractivity contribution in [3.8, 4) is 22.6 Å². The van der Waals surface area contributed by atoms with Crippen LogP contribution in [0.15, 0.2) is 77.0 Å². The van der Waals surface area contributed by atoms with Crippen LogP contribution < -0.4 is 0 Å². The number of furan rings is 1. The maximum atomic E-state index is 10.0. The Bertz CT molecular complexity index is 1350. The van der Waals surface area contributed by atoms with E-state index in [1.54, 1.807) is 0 Å². The van der Waals surface area contributed by atoms with Crippen LogP contribution in [0.1, 0.15) is 66.5 Å². The number of carbonyl (C=O) groups is 1. The van der Waals surface area contributed by atoms with Crippen LogP contribution in [0, 0.1) is 6.07 Å². The summed E-state index contributed by atoms with van der Waals surface area (Å²) < 4.78 is 6.30. The molecule has 37 heavy (non-hydrogen) atoms. The van der Waals surface area contributed by atoms with Crippen LogP contribution in [-0.4, -0.2) is 15.9 Å². The Morgan fingerprint density at radius 1 is 0.946 bits per heavy atom. The van der Waals surface area contributed by atoms with Gasteiger partial charge in [-0.25, -0.2) is 0 Å². The fourth-order valence-electron chi connectivity index (χ4n) is 3.71. The molecule has 0 atom stereocenters. The number of fused-ring (bicyclic) bond motifs is 1. The molecule has 0 aliphatic rings. The zero-order valence-electron chi connectivity index (χ0n) is 22.9. The number of nitrogens with zero attached hydrogens (tertiary/aromatic N) is 1. The molecule has 5 heteroatoms. The minimum Gasteiger partial charge on any atom is -0.512 e. The summed E-state index contributed by atoms with van der Waals surface area (Å²) in [6, 6.07) is 22.0. The number of pyridine rings is 1. The topological polar surface area (TPSA) is 63.3 Å². The average molecular weight is 675 g/mol. The Morgan fingerprint density at radius 2 is 1.57 bits per heavy atom. The molecule has 0 unspecified atom stereocenters. The van der Waals surface area contributed by atoms with Gasteiger partial charge in [0.05, 0.1) is 5.76 Å². The summed E-state index contributed by atoms with van der Waals surface area (Å²) >= 11 is 0. The Kier molecular flexibility index (Phi) is 9.82. The van der Waals surface area contributed by atoms with Crippen molar-refractivity contribution in [2.75, 3.05) is 0 Å². The molecule has 0 saturated heterocycles. The van der Waals surface area contributed by atoms with E-state index in [0.29, 0.717) is 0 Å². The number of allylic oxidation sites excluding steroid dienone is 2. The fourth-order valence-corrected chi connectivity index (χ4v) is 3.71. The second-order valence-corrected chi connectivity index (χ2v) is 11.2. The minimum atomic E-state index is -0.125. The molecule has 0 fully saturated rings. The van der Waals surface area contributed by atoms with Crippen molar-refractivity contribution in [1.29, 1.82) is 0 Å². The maximum Gasteiger partial charge on any atom is 0.155 e. The molecule has 2 aromatic carbocycles. The molecular formula is C32H36IrNO3-. The number of ketones is 1. The van der Waals surface area contributed by atoms with Gasteiger partial charge in [-0.2, -0.15) is 0 Å². The van der Waals surface area contributed by atoms with E-state index in [2.05, 4.69) is 76.9 Å². The molecule has 1 radical (unpaired) electrons. The van der Waals surface area contributed by atoms with Crippen LogP contribution in [0.2, 0.25) is 0 Å². The second kappa shape index (κ2) is 12.0. The van der Waals surface area contributed by atoms with Gasteiger partial charge in [0, 0.05) is 43.3 Å². The third-order valence-electron chi connectivity index (χ3n) is 5.75. The van der Waals surface area contributed by atoms with Crippen molar-refractivity contribution in [3.63, 3.8) is 0 Å². The first-order valence-electron chi connectivity index (χ1n) is 12.1. The zero-order valence-corrected chi connectivity index (χ0v) is 25.3. The van der Waals surface area contributed by atoms with Crippen LogP contribution in [0.25, 0.3) is 33.6 Å². The van der Waals surface area contributed by atoms with Gasteiger partial charge >= 0.3 is 0 Å². The van der Waals surface area contributed by atoms with Gasteiger partial charge in [-0.3, -0.25) is 4.79 Å². The van der Waals surface area contributed by atoms with Crippen LogP contribution >= 0.6 is 0 Å². The molecule has 4 nitrogen and oxygen atoms in total. The van der Waals surface area contributed by atoms with Crippen molar-refractivity contribution in [2.24, 2.45) is 0 Å². The summed E-state index contributed by atoms with van der Waals surface area (Å²) in [5.74, 6) is 0.820. The zero-order chi connectivity index (χ0) is 26.7. The Morgan fingerprint density at radius 3 is 2.03 bits per heavy atom. The number of rotatable bonds is 3. The van der Waals surface area contributed by atoms with E-state index >= 15 is 0 Å². The summed E-state index contributed by atoms with van der Waals surface area (Å²) in [4.78, 5) is 14.6. The molecule has 0 bridgehead atoms. The van der Waals surface area contributed by atoms with Gasteiger partial charge in [0.2, 0.25) is 0 Å². The molecule has 2 heterocycles. The number of aliphatic hydroxyl groups excluding tert-OH is 1. The first-order valence-corrected chi connectivity index (χ1v) is 12.1. The number of benzene rings is 2. The predicted octanol–water partition coefficient (Wildman–Crippen LogP) is 8.59. The van der Waals surface area contributed by atoms with Crippen LogP contribution in [0.5, 0.6) is 0 Å². The van der Waals surface area contributed by atoms with Gasteiger partial charge in [0.1, 0.15) is 11.3 Å². The largest absolute Gasteiger partial charge is 0.512 e. The van der Waals surface area contributed by atoms with E-state index in [1.807, 2.05) is 36.5 Å². The van der Waals surface area contributed by atoms with Crippen molar-refractivity contribution in [3.05, 3.63) is 89.8 Å².